The van der Waals surface area contributed by atoms with E-state index in [0.29, 0.717) is 10.5 Å². The Balaban J connectivity index is 1.61. The van der Waals surface area contributed by atoms with E-state index < -0.39 is 28.5 Å². The number of non-ortho nitro benzene ring substituents is 1. The van der Waals surface area contributed by atoms with Crippen LogP contribution in [0.5, 0.6) is 0 Å². The molecule has 1 heterocycles. The second-order valence-electron chi connectivity index (χ2n) is 6.56. The largest absolute Gasteiger partial charge is 0.416 e. The van der Waals surface area contributed by atoms with E-state index in [4.69, 9.17) is 12.2 Å². The van der Waals surface area contributed by atoms with Gasteiger partial charge in [-0.3, -0.25) is 24.6 Å². The minimum atomic E-state index is -4.53. The zero-order valence-corrected chi connectivity index (χ0v) is 17.7. The second kappa shape index (κ2) is 9.49. The molecule has 1 aliphatic heterocycles. The van der Waals surface area contributed by atoms with Crippen molar-refractivity contribution in [3.8, 4) is 0 Å². The predicted octanol–water partition coefficient (Wildman–Crippen LogP) is 4.84. The van der Waals surface area contributed by atoms with Crippen molar-refractivity contribution in [2.45, 2.75) is 12.6 Å². The van der Waals surface area contributed by atoms with Crippen LogP contribution in [0.15, 0.2) is 53.4 Å². The summed E-state index contributed by atoms with van der Waals surface area (Å²) in [6.45, 7) is -0.0485. The lowest BCUT2D eigenvalue weighted by Crippen LogP contribution is -2.31. The molecule has 12 heteroatoms. The smallest absolute Gasteiger partial charge is 0.326 e. The fraction of sp³-hybridized carbons (Fsp3) is 0.150. The minimum absolute atomic E-state index is 0.00622. The molecule has 0 bridgehead atoms. The summed E-state index contributed by atoms with van der Waals surface area (Å²) in [6.07, 6.45) is -3.17. The monoisotopic (exact) mass is 481 g/mol. The SMILES string of the molecule is O=C(CCN1C(=O)/C(=C/c2ccc([N+](=O)[O-])cc2)SC1=S)Nc1cccc(C(F)(F)F)c1. The number of hydrogen-bond donors (Lipinski definition) is 1. The molecular formula is C20H14F3N3O4S2. The van der Waals surface area contributed by atoms with Gasteiger partial charge in [-0.1, -0.05) is 30.0 Å². The maximum atomic E-state index is 12.8. The third-order valence-electron chi connectivity index (χ3n) is 4.31. The van der Waals surface area contributed by atoms with Crippen molar-refractivity contribution < 1.29 is 27.7 Å². The van der Waals surface area contributed by atoms with Gasteiger partial charge in [0.05, 0.1) is 15.4 Å². The second-order valence-corrected chi connectivity index (χ2v) is 8.23. The third-order valence-corrected chi connectivity index (χ3v) is 5.69. The summed E-state index contributed by atoms with van der Waals surface area (Å²) in [5.74, 6) is -0.997. The van der Waals surface area contributed by atoms with E-state index in [2.05, 4.69) is 5.32 Å². The molecule has 0 saturated carbocycles. The lowest BCUT2D eigenvalue weighted by molar-refractivity contribution is -0.384. The zero-order valence-electron chi connectivity index (χ0n) is 16.1. The van der Waals surface area contributed by atoms with Gasteiger partial charge in [0.25, 0.3) is 11.6 Å². The Morgan fingerprint density at radius 1 is 1.22 bits per heavy atom. The summed E-state index contributed by atoms with van der Waals surface area (Å²) in [4.78, 5) is 36.5. The molecule has 0 atom stereocenters. The average molecular weight is 481 g/mol. The molecule has 0 aliphatic carbocycles. The van der Waals surface area contributed by atoms with Gasteiger partial charge in [-0.25, -0.2) is 0 Å². The van der Waals surface area contributed by atoms with Crippen LogP contribution < -0.4 is 5.32 Å². The van der Waals surface area contributed by atoms with E-state index >= 15 is 0 Å². The maximum absolute atomic E-state index is 12.8. The van der Waals surface area contributed by atoms with Gasteiger partial charge >= 0.3 is 6.18 Å². The number of nitro benzene ring substituents is 1. The van der Waals surface area contributed by atoms with Crippen LogP contribution in [0.2, 0.25) is 0 Å². The number of benzene rings is 2. The molecule has 7 nitrogen and oxygen atoms in total. The summed E-state index contributed by atoms with van der Waals surface area (Å²) in [7, 11) is 0. The summed E-state index contributed by atoms with van der Waals surface area (Å²) >= 11 is 6.21. The Bertz CT molecular complexity index is 1120. The summed E-state index contributed by atoms with van der Waals surface area (Å²) in [5.41, 5.74) is -0.406. The molecule has 166 valence electrons. The van der Waals surface area contributed by atoms with Crippen molar-refractivity contribution in [2.24, 2.45) is 0 Å². The first kappa shape index (κ1) is 23.4. The fourth-order valence-corrected chi connectivity index (χ4v) is 4.06. The van der Waals surface area contributed by atoms with Crippen LogP contribution >= 0.6 is 24.0 Å². The van der Waals surface area contributed by atoms with Crippen molar-refractivity contribution in [3.63, 3.8) is 0 Å². The highest BCUT2D eigenvalue weighted by Crippen LogP contribution is 2.33. The highest BCUT2D eigenvalue weighted by Gasteiger charge is 2.32. The quantitative estimate of drug-likeness (QED) is 0.275. The first-order valence-corrected chi connectivity index (χ1v) is 10.2. The Labute approximate surface area is 189 Å². The normalized spacial score (nSPS) is 15.3. The van der Waals surface area contributed by atoms with Crippen LogP contribution in [0.25, 0.3) is 6.08 Å². The first-order valence-electron chi connectivity index (χ1n) is 9.01. The van der Waals surface area contributed by atoms with Gasteiger partial charge in [0.2, 0.25) is 5.91 Å². The Kier molecular flexibility index (Phi) is 6.94. The number of carbonyl (C=O) groups excluding carboxylic acids is 2. The molecular weight excluding hydrogens is 467 g/mol. The van der Waals surface area contributed by atoms with Crippen molar-refractivity contribution in [2.75, 3.05) is 11.9 Å². The lowest BCUT2D eigenvalue weighted by atomic mass is 10.2. The highest BCUT2D eigenvalue weighted by atomic mass is 32.2. The summed E-state index contributed by atoms with van der Waals surface area (Å²) in [5, 5.41) is 13.1. The highest BCUT2D eigenvalue weighted by molar-refractivity contribution is 8.26. The Morgan fingerprint density at radius 3 is 2.53 bits per heavy atom. The van der Waals surface area contributed by atoms with Crippen molar-refractivity contribution in [1.29, 1.82) is 0 Å². The van der Waals surface area contributed by atoms with Gasteiger partial charge in [0, 0.05) is 30.8 Å². The van der Waals surface area contributed by atoms with E-state index in [1.54, 1.807) is 0 Å². The van der Waals surface area contributed by atoms with Crippen LogP contribution in [0.4, 0.5) is 24.5 Å². The van der Waals surface area contributed by atoms with E-state index in [9.17, 15) is 32.9 Å². The minimum Gasteiger partial charge on any atom is -0.326 e. The number of rotatable bonds is 6. The molecule has 0 radical (unpaired) electrons. The van der Waals surface area contributed by atoms with Crippen LogP contribution in [0.3, 0.4) is 0 Å². The number of alkyl halides is 3. The van der Waals surface area contributed by atoms with Crippen LogP contribution in [-0.4, -0.2) is 32.5 Å². The molecule has 1 N–H and O–H groups in total. The third kappa shape index (κ3) is 5.71. The molecule has 3 rings (SSSR count). The molecule has 2 aromatic rings. The molecule has 1 saturated heterocycles. The average Bonchev–Trinajstić information content (AvgIpc) is 2.99. The number of amides is 2. The van der Waals surface area contributed by atoms with Gasteiger partial charge in [0.1, 0.15) is 4.32 Å². The maximum Gasteiger partial charge on any atom is 0.416 e. The summed E-state index contributed by atoms with van der Waals surface area (Å²) < 4.78 is 38.6. The van der Waals surface area contributed by atoms with Crippen LogP contribution in [-0.2, 0) is 15.8 Å². The lowest BCUT2D eigenvalue weighted by Gasteiger charge is -2.14. The van der Waals surface area contributed by atoms with E-state index in [-0.39, 0.29) is 28.7 Å². The molecule has 1 aliphatic rings. The van der Waals surface area contributed by atoms with Crippen molar-refractivity contribution in [1.82, 2.24) is 4.90 Å². The number of nitrogens with zero attached hydrogens (tertiary/aromatic N) is 2. The number of thioether (sulfide) groups is 1. The molecule has 2 amide bonds. The number of carbonyl (C=O) groups is 2. The zero-order chi connectivity index (χ0) is 23.5. The van der Waals surface area contributed by atoms with E-state index in [1.165, 1.54) is 47.4 Å². The number of nitrogens with one attached hydrogen (secondary N) is 1. The van der Waals surface area contributed by atoms with Crippen LogP contribution in [0.1, 0.15) is 17.5 Å². The van der Waals surface area contributed by atoms with Gasteiger partial charge in [0.15, 0.2) is 0 Å². The van der Waals surface area contributed by atoms with Crippen molar-refractivity contribution >= 4 is 57.6 Å². The van der Waals surface area contributed by atoms with E-state index in [1.807, 2.05) is 0 Å². The van der Waals surface area contributed by atoms with E-state index in [0.717, 1.165) is 23.9 Å². The first-order chi connectivity index (χ1) is 15.0. The van der Waals surface area contributed by atoms with Crippen LogP contribution in [0, 0.1) is 10.1 Å². The topological polar surface area (TPSA) is 92.5 Å². The standard InChI is InChI=1S/C20H14F3N3O4S2/c21-20(22,23)13-2-1-3-14(11-13)24-17(27)8-9-25-18(28)16(32-19(25)31)10-12-4-6-15(7-5-12)26(29)30/h1-7,10-11H,8-9H2,(H,24,27)/b16-10-. The number of thiocarbonyl (C=S) groups is 1. The number of halogens is 3. The molecule has 0 aromatic heterocycles. The predicted molar refractivity (Wildman–Crippen MR) is 118 cm³/mol. The molecule has 0 unspecified atom stereocenters. The van der Waals surface area contributed by atoms with Gasteiger partial charge in [-0.15, -0.1) is 0 Å². The summed E-state index contributed by atoms with van der Waals surface area (Å²) in [6, 6.07) is 9.84. The van der Waals surface area contributed by atoms with Gasteiger partial charge in [-0.2, -0.15) is 13.2 Å². The van der Waals surface area contributed by atoms with Gasteiger partial charge < -0.3 is 5.32 Å². The fourth-order valence-electron chi connectivity index (χ4n) is 2.75. The number of nitro groups is 1. The number of hydrogen-bond acceptors (Lipinski definition) is 6. The molecule has 32 heavy (non-hydrogen) atoms. The Hall–Kier alpha value is -3.25. The molecule has 0 spiro atoms. The Morgan fingerprint density at radius 2 is 1.91 bits per heavy atom. The molecule has 2 aromatic carbocycles. The van der Waals surface area contributed by atoms with Crippen molar-refractivity contribution in [3.05, 3.63) is 74.7 Å². The molecule has 1 fully saturated rings. The number of anilines is 1. The van der Waals surface area contributed by atoms with Gasteiger partial charge in [-0.05, 0) is 42.0 Å².